The Morgan fingerprint density at radius 1 is 1.05 bits per heavy atom. The Morgan fingerprint density at radius 2 is 1.77 bits per heavy atom. The molecule has 4 rings (SSSR count). The van der Waals surface area contributed by atoms with E-state index in [1.54, 1.807) is 11.0 Å². The lowest BCUT2D eigenvalue weighted by Gasteiger charge is -2.35. The number of rotatable bonds is 3. The minimum Gasteiger partial charge on any atom is -0.352 e. The van der Waals surface area contributed by atoms with E-state index in [0.717, 1.165) is 44.8 Å². The van der Waals surface area contributed by atoms with Crippen LogP contribution >= 0.6 is 0 Å². The lowest BCUT2D eigenvalue weighted by molar-refractivity contribution is -0.132. The van der Waals surface area contributed by atoms with E-state index in [1.807, 2.05) is 17.0 Å². The van der Waals surface area contributed by atoms with E-state index >= 15 is 0 Å². The van der Waals surface area contributed by atoms with Gasteiger partial charge in [-0.05, 0) is 25.0 Å². The second-order valence-corrected chi connectivity index (χ2v) is 5.68. The molecule has 1 aliphatic heterocycles. The van der Waals surface area contributed by atoms with E-state index in [0.29, 0.717) is 17.6 Å². The van der Waals surface area contributed by atoms with Gasteiger partial charge in [0.15, 0.2) is 11.6 Å². The van der Waals surface area contributed by atoms with Crippen LogP contribution in [0.1, 0.15) is 12.8 Å². The van der Waals surface area contributed by atoms with E-state index in [-0.39, 0.29) is 0 Å². The summed E-state index contributed by atoms with van der Waals surface area (Å²) in [6.07, 6.45) is 5.18. The van der Waals surface area contributed by atoms with Crippen molar-refractivity contribution in [3.8, 4) is 5.82 Å². The Kier molecular flexibility index (Phi) is 3.21. The summed E-state index contributed by atoms with van der Waals surface area (Å²) in [5.41, 5.74) is 0. The molecule has 1 saturated heterocycles. The molecule has 2 aliphatic rings. The van der Waals surface area contributed by atoms with Crippen molar-refractivity contribution in [2.75, 3.05) is 31.1 Å². The Labute approximate surface area is 127 Å². The molecule has 2 aromatic heterocycles. The molecule has 0 spiro atoms. The summed E-state index contributed by atoms with van der Waals surface area (Å²) in [4.78, 5) is 20.1. The first kappa shape index (κ1) is 13.2. The lowest BCUT2D eigenvalue weighted by atomic mass is 10.2. The molecule has 0 atom stereocenters. The second-order valence-electron chi connectivity index (χ2n) is 5.68. The molecule has 0 radical (unpaired) electrons. The zero-order chi connectivity index (χ0) is 14.9. The van der Waals surface area contributed by atoms with E-state index in [2.05, 4.69) is 25.2 Å². The molecule has 1 amide bonds. The van der Waals surface area contributed by atoms with Crippen LogP contribution in [0, 0.1) is 5.92 Å². The maximum Gasteiger partial charge on any atom is 0.225 e. The topological polar surface area (TPSA) is 80.0 Å². The largest absolute Gasteiger partial charge is 0.352 e. The van der Waals surface area contributed by atoms with Crippen LogP contribution in [0.3, 0.4) is 0 Å². The van der Waals surface area contributed by atoms with Crippen molar-refractivity contribution in [3.63, 3.8) is 0 Å². The molecule has 0 bridgehead atoms. The molecule has 8 heteroatoms. The Morgan fingerprint density at radius 3 is 2.36 bits per heavy atom. The van der Waals surface area contributed by atoms with E-state index < -0.39 is 0 Å². The molecule has 2 fully saturated rings. The minimum absolute atomic E-state index is 0.299. The third-order valence-electron chi connectivity index (χ3n) is 4.13. The number of anilines is 1. The molecule has 8 nitrogen and oxygen atoms in total. The number of hydrogen-bond acceptors (Lipinski definition) is 6. The van der Waals surface area contributed by atoms with Gasteiger partial charge in [-0.3, -0.25) is 4.79 Å². The molecule has 0 N–H and O–H groups in total. The van der Waals surface area contributed by atoms with Crippen LogP contribution in [0.25, 0.3) is 5.82 Å². The first-order chi connectivity index (χ1) is 10.8. The zero-order valence-corrected chi connectivity index (χ0v) is 12.2. The molecular weight excluding hydrogens is 282 g/mol. The van der Waals surface area contributed by atoms with Gasteiger partial charge in [0.2, 0.25) is 5.91 Å². The van der Waals surface area contributed by atoms with Crippen LogP contribution < -0.4 is 4.90 Å². The Bertz CT molecular complexity index is 642. The summed E-state index contributed by atoms with van der Waals surface area (Å²) in [5, 5.41) is 12.5. The number of carbonyl (C=O) groups excluding carboxylic acids is 1. The summed E-state index contributed by atoms with van der Waals surface area (Å²) in [6, 6.07) is 3.81. The van der Waals surface area contributed by atoms with E-state index in [4.69, 9.17) is 0 Å². The standard InChI is InChI=1S/C14H17N7O/c22-14(11-1-2-11)20-7-5-19(6-8-20)12-3-4-13(18-17-12)21-10-15-9-16-21/h3-4,9-11H,1-2,5-8H2. The van der Waals surface area contributed by atoms with Gasteiger partial charge in [0.25, 0.3) is 0 Å². The van der Waals surface area contributed by atoms with Crippen molar-refractivity contribution in [1.29, 1.82) is 0 Å². The van der Waals surface area contributed by atoms with Crippen molar-refractivity contribution in [2.45, 2.75) is 12.8 Å². The highest BCUT2D eigenvalue weighted by Gasteiger charge is 2.34. The molecule has 22 heavy (non-hydrogen) atoms. The third-order valence-corrected chi connectivity index (χ3v) is 4.13. The van der Waals surface area contributed by atoms with Crippen molar-refractivity contribution in [3.05, 3.63) is 24.8 Å². The zero-order valence-electron chi connectivity index (χ0n) is 12.2. The van der Waals surface area contributed by atoms with Crippen LogP contribution in [0.2, 0.25) is 0 Å². The van der Waals surface area contributed by atoms with Crippen molar-refractivity contribution >= 4 is 11.7 Å². The first-order valence-corrected chi connectivity index (χ1v) is 7.54. The highest BCUT2D eigenvalue weighted by Crippen LogP contribution is 2.31. The number of amides is 1. The first-order valence-electron chi connectivity index (χ1n) is 7.54. The highest BCUT2D eigenvalue weighted by atomic mass is 16.2. The third kappa shape index (κ3) is 2.51. The van der Waals surface area contributed by atoms with Gasteiger partial charge < -0.3 is 9.80 Å². The normalized spacial score (nSPS) is 18.5. The van der Waals surface area contributed by atoms with E-state index in [1.165, 1.54) is 6.33 Å². The number of carbonyl (C=O) groups is 1. The number of hydrogen-bond donors (Lipinski definition) is 0. The molecule has 1 aliphatic carbocycles. The molecule has 3 heterocycles. The van der Waals surface area contributed by atoms with Crippen LogP contribution in [0.4, 0.5) is 5.82 Å². The Balaban J connectivity index is 1.40. The van der Waals surface area contributed by atoms with Crippen LogP contribution in [-0.2, 0) is 4.79 Å². The molecule has 1 saturated carbocycles. The summed E-state index contributed by atoms with van der Waals surface area (Å²) >= 11 is 0. The van der Waals surface area contributed by atoms with Gasteiger partial charge in [0.1, 0.15) is 12.7 Å². The van der Waals surface area contributed by atoms with Gasteiger partial charge in [0.05, 0.1) is 0 Å². The average molecular weight is 299 g/mol. The quantitative estimate of drug-likeness (QED) is 0.800. The van der Waals surface area contributed by atoms with Gasteiger partial charge in [-0.2, -0.15) is 5.10 Å². The lowest BCUT2D eigenvalue weighted by Crippen LogP contribution is -2.49. The molecule has 114 valence electrons. The summed E-state index contributed by atoms with van der Waals surface area (Å²) in [7, 11) is 0. The molecular formula is C14H17N7O. The number of nitrogens with zero attached hydrogens (tertiary/aromatic N) is 7. The summed E-state index contributed by atoms with van der Waals surface area (Å²) in [6.45, 7) is 3.13. The molecule has 2 aromatic rings. The van der Waals surface area contributed by atoms with Crippen molar-refractivity contribution < 1.29 is 4.79 Å². The van der Waals surface area contributed by atoms with Crippen LogP contribution in [0.5, 0.6) is 0 Å². The highest BCUT2D eigenvalue weighted by molar-refractivity contribution is 5.81. The maximum absolute atomic E-state index is 12.0. The molecule has 0 aromatic carbocycles. The number of piperazine rings is 1. The van der Waals surface area contributed by atoms with Gasteiger partial charge >= 0.3 is 0 Å². The van der Waals surface area contributed by atoms with Gasteiger partial charge in [-0.1, -0.05) is 0 Å². The van der Waals surface area contributed by atoms with Crippen molar-refractivity contribution in [2.24, 2.45) is 5.92 Å². The van der Waals surface area contributed by atoms with Crippen LogP contribution in [0.15, 0.2) is 24.8 Å². The van der Waals surface area contributed by atoms with Gasteiger partial charge in [0, 0.05) is 32.1 Å². The minimum atomic E-state index is 0.299. The predicted molar refractivity (Wildman–Crippen MR) is 78.5 cm³/mol. The maximum atomic E-state index is 12.0. The summed E-state index contributed by atoms with van der Waals surface area (Å²) < 4.78 is 1.57. The summed E-state index contributed by atoms with van der Waals surface area (Å²) in [5.74, 6) is 2.10. The SMILES string of the molecule is O=C(C1CC1)N1CCN(c2ccc(-n3cncn3)nn2)CC1. The fourth-order valence-corrected chi connectivity index (χ4v) is 2.68. The number of aromatic nitrogens is 5. The average Bonchev–Trinajstić information content (AvgIpc) is 3.29. The van der Waals surface area contributed by atoms with Gasteiger partial charge in [-0.25, -0.2) is 9.67 Å². The van der Waals surface area contributed by atoms with Crippen LogP contribution in [-0.4, -0.2) is 61.9 Å². The monoisotopic (exact) mass is 299 g/mol. The predicted octanol–water partition coefficient (Wildman–Crippen LogP) is 0.116. The smallest absolute Gasteiger partial charge is 0.225 e. The second kappa shape index (κ2) is 5.36. The van der Waals surface area contributed by atoms with E-state index in [9.17, 15) is 4.79 Å². The Hall–Kier alpha value is -2.51. The molecule has 0 unspecified atom stereocenters. The van der Waals surface area contributed by atoms with Gasteiger partial charge in [-0.15, -0.1) is 10.2 Å². The fraction of sp³-hybridized carbons (Fsp3) is 0.500. The fourth-order valence-electron chi connectivity index (χ4n) is 2.68. The van der Waals surface area contributed by atoms with Crippen molar-refractivity contribution in [1.82, 2.24) is 29.9 Å².